The van der Waals surface area contributed by atoms with Gasteiger partial charge in [-0.25, -0.2) is 4.79 Å². The second-order valence-corrected chi connectivity index (χ2v) is 15.4. The van der Waals surface area contributed by atoms with Crippen molar-refractivity contribution < 1.29 is 28.3 Å². The highest BCUT2D eigenvalue weighted by Gasteiger charge is 2.52. The van der Waals surface area contributed by atoms with Crippen LogP contribution in [-0.2, 0) is 27.1 Å². The Labute approximate surface area is 380 Å². The molecule has 1 aliphatic heterocycles. The number of nitrogens with one attached hydrogen (secondary N) is 1. The Bertz CT molecular complexity index is 2550. The van der Waals surface area contributed by atoms with Gasteiger partial charge in [0.25, 0.3) is 5.56 Å². The lowest BCUT2D eigenvalue weighted by atomic mass is 9.78. The lowest BCUT2D eigenvalue weighted by Crippen LogP contribution is -2.41. The molecule has 0 bridgehead atoms. The monoisotopic (exact) mass is 924 g/mol. The first-order valence-corrected chi connectivity index (χ1v) is 21.3. The number of rotatable bonds is 8. The van der Waals surface area contributed by atoms with Gasteiger partial charge in [0.15, 0.2) is 11.2 Å². The van der Waals surface area contributed by atoms with Crippen molar-refractivity contribution in [1.29, 1.82) is 0 Å². The highest BCUT2D eigenvalue weighted by atomic mass is 79.9. The zero-order valence-corrected chi connectivity index (χ0v) is 39.1. The number of fused-ring (bicyclic) bond motifs is 3. The molecule has 4 aromatic carbocycles. The molecular weight excluding hydrogens is 863 g/mol. The molecule has 0 atom stereocenters. The molecular formula is C48H62BBrN6O7. The van der Waals surface area contributed by atoms with Gasteiger partial charge in [-0.1, -0.05) is 95.8 Å². The fraction of sp³-hybridized carbons (Fsp3) is 0.333. The van der Waals surface area contributed by atoms with E-state index in [4.69, 9.17) is 24.5 Å². The maximum absolute atomic E-state index is 12.2. The van der Waals surface area contributed by atoms with E-state index in [0.29, 0.717) is 28.8 Å². The summed E-state index contributed by atoms with van der Waals surface area (Å²) in [6.45, 7) is 17.3. The molecule has 1 aliphatic rings. The fourth-order valence-corrected chi connectivity index (χ4v) is 6.60. The topological polar surface area (TPSA) is 158 Å². The number of nitrogens with two attached hydrogens (primary N) is 1. The summed E-state index contributed by atoms with van der Waals surface area (Å²) in [5, 5.41) is 10.5. The third kappa shape index (κ3) is 12.8. The molecule has 13 nitrogen and oxygen atoms in total. The van der Waals surface area contributed by atoms with E-state index in [1.54, 1.807) is 29.8 Å². The van der Waals surface area contributed by atoms with E-state index >= 15 is 0 Å². The van der Waals surface area contributed by atoms with Crippen LogP contribution in [0, 0.1) is 0 Å². The Morgan fingerprint density at radius 2 is 1.22 bits per heavy atom. The molecule has 3 N–H and O–H groups in total. The summed E-state index contributed by atoms with van der Waals surface area (Å²) in [6, 6.07) is 30.9. The maximum Gasteiger partial charge on any atom is 0.496 e. The van der Waals surface area contributed by atoms with Crippen molar-refractivity contribution in [3.05, 3.63) is 141 Å². The number of pyridine rings is 1. The maximum atomic E-state index is 12.2. The van der Waals surface area contributed by atoms with Gasteiger partial charge in [0, 0.05) is 39.8 Å². The number of aromatic nitrogens is 5. The van der Waals surface area contributed by atoms with Crippen LogP contribution in [0.3, 0.4) is 0 Å². The van der Waals surface area contributed by atoms with Crippen LogP contribution in [0.2, 0.25) is 0 Å². The number of anilines is 1. The quantitative estimate of drug-likeness (QED) is 0.0855. The number of hydrogen-bond acceptors (Lipinski definition) is 10. The number of nitrogens with zero attached hydrogens (tertiary/aromatic N) is 4. The number of para-hydroxylation sites is 2. The van der Waals surface area contributed by atoms with Crippen molar-refractivity contribution in [3.63, 3.8) is 0 Å². The number of carbonyl (C=O) groups excluding carboxylic acids is 1. The van der Waals surface area contributed by atoms with E-state index < -0.39 is 5.97 Å². The van der Waals surface area contributed by atoms with Crippen LogP contribution < -0.4 is 26.2 Å². The summed E-state index contributed by atoms with van der Waals surface area (Å²) in [5.41, 5.74) is 10.5. The number of esters is 1. The molecule has 15 heteroatoms. The Hall–Kier alpha value is -5.90. The Kier molecular flexibility index (Phi) is 19.2. The van der Waals surface area contributed by atoms with Crippen molar-refractivity contribution in [2.24, 2.45) is 0 Å². The molecule has 63 heavy (non-hydrogen) atoms. The van der Waals surface area contributed by atoms with E-state index in [1.165, 1.54) is 7.11 Å². The third-order valence-corrected chi connectivity index (χ3v) is 10.6. The summed E-state index contributed by atoms with van der Waals surface area (Å²) in [6.07, 6.45) is 3.67. The largest absolute Gasteiger partial charge is 0.497 e. The van der Waals surface area contributed by atoms with Crippen LogP contribution in [0.4, 0.5) is 5.69 Å². The SMILES string of the molecule is C.CC.CC.CC1(C)OB(c2ccccc2N)OC1(C)C.COC(=O)c1nn(Cc2ccc(OC)cc2)cc1Br.COc1ccc(Cn2cc3c(n2)c(=O)[nH]c2ccccc23)cc1. The average Bonchev–Trinajstić information content (AvgIpc) is 3.94. The van der Waals surface area contributed by atoms with Gasteiger partial charge in [-0.15, -0.1) is 0 Å². The van der Waals surface area contributed by atoms with E-state index in [9.17, 15) is 9.59 Å². The summed E-state index contributed by atoms with van der Waals surface area (Å²) in [7, 11) is 4.23. The van der Waals surface area contributed by atoms with Crippen molar-refractivity contribution in [1.82, 2.24) is 24.5 Å². The molecule has 0 aliphatic carbocycles. The summed E-state index contributed by atoms with van der Waals surface area (Å²) in [5.74, 6) is 1.17. The van der Waals surface area contributed by atoms with Gasteiger partial charge in [0.2, 0.25) is 0 Å². The highest BCUT2D eigenvalue weighted by Crippen LogP contribution is 2.36. The van der Waals surface area contributed by atoms with E-state index in [0.717, 1.165) is 44.4 Å². The number of benzene rings is 4. The molecule has 7 aromatic rings. The Morgan fingerprint density at radius 3 is 1.73 bits per heavy atom. The second-order valence-electron chi connectivity index (χ2n) is 14.5. The lowest BCUT2D eigenvalue weighted by molar-refractivity contribution is 0.00578. The van der Waals surface area contributed by atoms with Gasteiger partial charge < -0.3 is 34.2 Å². The molecule has 1 fully saturated rings. The third-order valence-electron chi connectivity index (χ3n) is 10.0. The molecule has 8 rings (SSSR count). The molecule has 4 heterocycles. The van der Waals surface area contributed by atoms with Crippen LogP contribution in [0.1, 0.15) is 84.4 Å². The van der Waals surface area contributed by atoms with Crippen molar-refractivity contribution >= 4 is 62.0 Å². The van der Waals surface area contributed by atoms with Crippen LogP contribution >= 0.6 is 15.9 Å². The first-order chi connectivity index (χ1) is 29.7. The number of hydrogen-bond donors (Lipinski definition) is 2. The molecule has 336 valence electrons. The first-order valence-electron chi connectivity index (χ1n) is 20.5. The Balaban J connectivity index is 0.000000244. The molecule has 0 saturated carbocycles. The molecule has 0 amide bonds. The van der Waals surface area contributed by atoms with E-state index in [-0.39, 0.29) is 37.0 Å². The number of aromatic amines is 1. The Morgan fingerprint density at radius 1 is 0.730 bits per heavy atom. The normalized spacial score (nSPS) is 13.0. The van der Waals surface area contributed by atoms with Crippen LogP contribution in [0.15, 0.2) is 119 Å². The summed E-state index contributed by atoms with van der Waals surface area (Å²) >= 11 is 3.29. The van der Waals surface area contributed by atoms with Gasteiger partial charge in [-0.3, -0.25) is 14.2 Å². The minimum absolute atomic E-state index is 0. The van der Waals surface area contributed by atoms with Gasteiger partial charge >= 0.3 is 13.1 Å². The van der Waals surface area contributed by atoms with Crippen LogP contribution in [0.5, 0.6) is 11.5 Å². The van der Waals surface area contributed by atoms with Gasteiger partial charge in [-0.05, 0) is 91.1 Å². The molecule has 0 spiro atoms. The van der Waals surface area contributed by atoms with Crippen molar-refractivity contribution in [2.45, 2.75) is 87.1 Å². The van der Waals surface area contributed by atoms with Gasteiger partial charge in [0.1, 0.15) is 11.5 Å². The highest BCUT2D eigenvalue weighted by molar-refractivity contribution is 9.10. The molecule has 0 unspecified atom stereocenters. The van der Waals surface area contributed by atoms with Crippen molar-refractivity contribution in [2.75, 3.05) is 27.1 Å². The number of halogens is 1. The number of carbonyl (C=O) groups is 1. The molecule has 1 saturated heterocycles. The van der Waals surface area contributed by atoms with E-state index in [1.807, 2.05) is 159 Å². The standard InChI is InChI=1S/C18H15N3O2.C13H13BrN2O3.C12H18BNO2.2C2H6.CH4/c1-23-13-8-6-12(7-9-13)10-21-11-15-14-4-2-3-5-16(14)19-18(22)17(15)20-21;1-18-10-5-3-9(4-6-10)7-16-8-11(14)12(15-16)13(17)19-2;1-11(2)12(3,4)16-13(15-11)9-7-5-6-8-10(9)14;2*1-2;/h2-9,11H,10H2,1H3,(H,19,22);3-6,8H,7H2,1-2H3;5-8H,14H2,1-4H3;2*1-2H3;1H4. The summed E-state index contributed by atoms with van der Waals surface area (Å²) in [4.78, 5) is 26.5. The first kappa shape index (κ1) is 51.5. The zero-order chi connectivity index (χ0) is 45.6. The fourth-order valence-electron chi connectivity index (χ4n) is 6.12. The minimum atomic E-state index is -0.458. The van der Waals surface area contributed by atoms with E-state index in [2.05, 4.69) is 35.8 Å². The number of methoxy groups -OCH3 is 3. The molecule has 3 aromatic heterocycles. The lowest BCUT2D eigenvalue weighted by Gasteiger charge is -2.32. The molecule has 0 radical (unpaired) electrons. The number of ether oxygens (including phenoxy) is 3. The number of nitrogen functional groups attached to an aromatic ring is 1. The van der Waals surface area contributed by atoms with Crippen LogP contribution in [0.25, 0.3) is 21.8 Å². The van der Waals surface area contributed by atoms with Crippen LogP contribution in [-0.4, -0.2) is 70.2 Å². The zero-order valence-electron chi connectivity index (χ0n) is 37.5. The van der Waals surface area contributed by atoms with Gasteiger partial charge in [-0.2, -0.15) is 10.2 Å². The minimum Gasteiger partial charge on any atom is -0.497 e. The van der Waals surface area contributed by atoms with Crippen molar-refractivity contribution in [3.8, 4) is 11.5 Å². The number of H-pyrrole nitrogens is 1. The summed E-state index contributed by atoms with van der Waals surface area (Å²) < 4.78 is 30.9. The van der Waals surface area contributed by atoms with Gasteiger partial charge in [0.05, 0.1) is 50.1 Å². The smallest absolute Gasteiger partial charge is 0.496 e. The predicted molar refractivity (Wildman–Crippen MR) is 259 cm³/mol. The average molecular weight is 926 g/mol. The second kappa shape index (κ2) is 23.5. The predicted octanol–water partition coefficient (Wildman–Crippen LogP) is 9.68.